The molecule has 1 atom stereocenters. The molecule has 1 aliphatic heterocycles. The first kappa shape index (κ1) is 13.1. The first-order chi connectivity index (χ1) is 10.8. The quantitative estimate of drug-likeness (QED) is 0.726. The Hall–Kier alpha value is -2.62. The number of aromatic nitrogens is 2. The second-order valence-corrected chi connectivity index (χ2v) is 5.63. The zero-order valence-corrected chi connectivity index (χ0v) is 12.2. The maximum absolute atomic E-state index is 12.8. The molecular formula is C18H17N3O. The first-order valence-corrected chi connectivity index (χ1v) is 7.62. The van der Waals surface area contributed by atoms with Gasteiger partial charge in [0, 0.05) is 30.2 Å². The van der Waals surface area contributed by atoms with Crippen molar-refractivity contribution in [2.24, 2.45) is 0 Å². The summed E-state index contributed by atoms with van der Waals surface area (Å²) in [6.07, 6.45) is 5.80. The van der Waals surface area contributed by atoms with Gasteiger partial charge in [0.15, 0.2) is 0 Å². The first-order valence-electron chi connectivity index (χ1n) is 7.62. The Bertz CT molecular complexity index is 809. The number of amides is 1. The summed E-state index contributed by atoms with van der Waals surface area (Å²) in [7, 11) is 0. The molecule has 1 fully saturated rings. The van der Waals surface area contributed by atoms with Crippen LogP contribution in [-0.4, -0.2) is 26.7 Å². The summed E-state index contributed by atoms with van der Waals surface area (Å²) in [4.78, 5) is 19.1. The van der Waals surface area contributed by atoms with Crippen molar-refractivity contribution in [3.05, 3.63) is 72.2 Å². The van der Waals surface area contributed by atoms with E-state index in [4.69, 9.17) is 0 Å². The van der Waals surface area contributed by atoms with Crippen LogP contribution in [0.15, 0.2) is 60.9 Å². The number of carbonyl (C=O) groups is 1. The van der Waals surface area contributed by atoms with Gasteiger partial charge in [-0.25, -0.2) is 4.98 Å². The fourth-order valence-corrected chi connectivity index (χ4v) is 3.31. The lowest BCUT2D eigenvalue weighted by Crippen LogP contribution is -2.31. The highest BCUT2D eigenvalue weighted by atomic mass is 16.2. The van der Waals surface area contributed by atoms with Crippen molar-refractivity contribution < 1.29 is 4.79 Å². The lowest BCUT2D eigenvalue weighted by Gasteiger charge is -2.25. The zero-order valence-electron chi connectivity index (χ0n) is 12.2. The molecule has 4 heteroatoms. The summed E-state index contributed by atoms with van der Waals surface area (Å²) in [6.45, 7) is 0.809. The van der Waals surface area contributed by atoms with Crippen molar-refractivity contribution in [3.8, 4) is 0 Å². The van der Waals surface area contributed by atoms with E-state index in [1.54, 1.807) is 6.20 Å². The van der Waals surface area contributed by atoms with Crippen molar-refractivity contribution >= 4 is 11.6 Å². The minimum absolute atomic E-state index is 0.111. The molecule has 1 saturated heterocycles. The number of likely N-dealkylation sites (tertiary alicyclic amines) is 1. The molecule has 3 heterocycles. The van der Waals surface area contributed by atoms with Crippen LogP contribution < -0.4 is 0 Å². The normalized spacial score (nSPS) is 18.0. The molecule has 0 N–H and O–H groups in total. The average molecular weight is 291 g/mol. The maximum atomic E-state index is 12.8. The third kappa shape index (κ3) is 2.08. The van der Waals surface area contributed by atoms with Gasteiger partial charge in [-0.05, 0) is 37.1 Å². The van der Waals surface area contributed by atoms with Crippen molar-refractivity contribution in [1.29, 1.82) is 0 Å². The minimum Gasteiger partial charge on any atom is -0.330 e. The van der Waals surface area contributed by atoms with Gasteiger partial charge in [-0.1, -0.05) is 24.3 Å². The van der Waals surface area contributed by atoms with Crippen LogP contribution in [0, 0.1) is 0 Å². The summed E-state index contributed by atoms with van der Waals surface area (Å²) in [6, 6.07) is 15.7. The molecule has 1 amide bonds. The molecule has 2 aromatic heterocycles. The molecular weight excluding hydrogens is 274 g/mol. The monoisotopic (exact) mass is 291 g/mol. The number of rotatable bonds is 2. The van der Waals surface area contributed by atoms with Crippen LogP contribution in [0.2, 0.25) is 0 Å². The molecule has 4 nitrogen and oxygen atoms in total. The summed E-state index contributed by atoms with van der Waals surface area (Å²) < 4.78 is 2.08. The van der Waals surface area contributed by atoms with Crippen LogP contribution in [0.3, 0.4) is 0 Å². The maximum Gasteiger partial charge on any atom is 0.254 e. The summed E-state index contributed by atoms with van der Waals surface area (Å²) in [5.41, 5.74) is 2.82. The molecule has 1 aliphatic rings. The lowest BCUT2D eigenvalue weighted by atomic mass is 10.1. The Morgan fingerprint density at radius 3 is 2.82 bits per heavy atom. The summed E-state index contributed by atoms with van der Waals surface area (Å²) >= 11 is 0. The third-order valence-corrected chi connectivity index (χ3v) is 4.34. The van der Waals surface area contributed by atoms with E-state index in [1.165, 1.54) is 0 Å². The Kier molecular flexibility index (Phi) is 3.15. The third-order valence-electron chi connectivity index (χ3n) is 4.34. The minimum atomic E-state index is 0.111. The topological polar surface area (TPSA) is 37.6 Å². The molecule has 0 saturated carbocycles. The number of carbonyl (C=O) groups excluding carboxylic acids is 1. The molecule has 0 spiro atoms. The van der Waals surface area contributed by atoms with Gasteiger partial charge in [-0.15, -0.1) is 0 Å². The number of nitrogens with zero attached hydrogens (tertiary/aromatic N) is 3. The molecule has 0 aliphatic carbocycles. The average Bonchev–Trinajstić information content (AvgIpc) is 3.23. The standard InChI is InChI=1S/C18H17N3O/c22-18(14-6-2-1-3-7-14)21-12-5-9-16(21)15-8-4-10-17-19-11-13-20(15)17/h1-4,6-8,10-11,13,16H,5,9,12H2/t16-/m0/s1. The molecule has 0 bridgehead atoms. The molecule has 0 radical (unpaired) electrons. The SMILES string of the molecule is O=C(c1ccccc1)N1CCC[C@H]1c1cccc2nccn12. The number of imidazole rings is 1. The second-order valence-electron chi connectivity index (χ2n) is 5.63. The van der Waals surface area contributed by atoms with Crippen LogP contribution in [0.5, 0.6) is 0 Å². The fourth-order valence-electron chi connectivity index (χ4n) is 3.31. The van der Waals surface area contributed by atoms with E-state index in [2.05, 4.69) is 15.5 Å². The number of benzene rings is 1. The number of fused-ring (bicyclic) bond motifs is 1. The van der Waals surface area contributed by atoms with E-state index in [9.17, 15) is 4.79 Å². The van der Waals surface area contributed by atoms with Gasteiger partial charge < -0.3 is 9.30 Å². The van der Waals surface area contributed by atoms with Gasteiger partial charge in [0.25, 0.3) is 5.91 Å². The smallest absolute Gasteiger partial charge is 0.254 e. The van der Waals surface area contributed by atoms with Gasteiger partial charge in [0.05, 0.1) is 6.04 Å². The van der Waals surface area contributed by atoms with E-state index in [0.29, 0.717) is 0 Å². The van der Waals surface area contributed by atoms with Crippen LogP contribution in [0.25, 0.3) is 5.65 Å². The molecule has 22 heavy (non-hydrogen) atoms. The molecule has 1 aromatic carbocycles. The predicted molar refractivity (Wildman–Crippen MR) is 84.6 cm³/mol. The Morgan fingerprint density at radius 2 is 1.95 bits per heavy atom. The van der Waals surface area contributed by atoms with E-state index in [1.807, 2.05) is 53.6 Å². The van der Waals surface area contributed by atoms with Crippen molar-refractivity contribution in [2.75, 3.05) is 6.54 Å². The molecule has 0 unspecified atom stereocenters. The summed E-state index contributed by atoms with van der Waals surface area (Å²) in [5.74, 6) is 0.111. The predicted octanol–water partition coefficient (Wildman–Crippen LogP) is 3.31. The van der Waals surface area contributed by atoms with E-state index in [0.717, 1.165) is 36.3 Å². The van der Waals surface area contributed by atoms with Crippen LogP contribution in [0.4, 0.5) is 0 Å². The van der Waals surface area contributed by atoms with Gasteiger partial charge in [-0.3, -0.25) is 4.79 Å². The van der Waals surface area contributed by atoms with Gasteiger partial charge >= 0.3 is 0 Å². The number of hydrogen-bond acceptors (Lipinski definition) is 2. The molecule has 4 rings (SSSR count). The van der Waals surface area contributed by atoms with E-state index >= 15 is 0 Å². The number of pyridine rings is 1. The van der Waals surface area contributed by atoms with Gasteiger partial charge in [-0.2, -0.15) is 0 Å². The van der Waals surface area contributed by atoms with E-state index in [-0.39, 0.29) is 11.9 Å². The van der Waals surface area contributed by atoms with Crippen LogP contribution >= 0.6 is 0 Å². The van der Waals surface area contributed by atoms with Crippen LogP contribution in [-0.2, 0) is 0 Å². The highest BCUT2D eigenvalue weighted by Gasteiger charge is 2.31. The molecule has 3 aromatic rings. The Balaban J connectivity index is 1.72. The highest BCUT2D eigenvalue weighted by Crippen LogP contribution is 2.33. The lowest BCUT2D eigenvalue weighted by molar-refractivity contribution is 0.0732. The van der Waals surface area contributed by atoms with Crippen molar-refractivity contribution in [1.82, 2.24) is 14.3 Å². The van der Waals surface area contributed by atoms with Crippen molar-refractivity contribution in [2.45, 2.75) is 18.9 Å². The fraction of sp³-hybridized carbons (Fsp3) is 0.222. The zero-order chi connectivity index (χ0) is 14.9. The van der Waals surface area contributed by atoms with Gasteiger partial charge in [0.2, 0.25) is 0 Å². The van der Waals surface area contributed by atoms with Crippen molar-refractivity contribution in [3.63, 3.8) is 0 Å². The molecule has 110 valence electrons. The Morgan fingerprint density at radius 1 is 1.09 bits per heavy atom. The largest absolute Gasteiger partial charge is 0.330 e. The van der Waals surface area contributed by atoms with Crippen LogP contribution in [0.1, 0.15) is 34.9 Å². The Labute approximate surface area is 129 Å². The van der Waals surface area contributed by atoms with Gasteiger partial charge in [0.1, 0.15) is 5.65 Å². The second kappa shape index (κ2) is 5.30. The van der Waals surface area contributed by atoms with E-state index < -0.39 is 0 Å². The highest BCUT2D eigenvalue weighted by molar-refractivity contribution is 5.94. The summed E-state index contributed by atoms with van der Waals surface area (Å²) in [5, 5.41) is 0. The number of hydrogen-bond donors (Lipinski definition) is 0.